The van der Waals surface area contributed by atoms with Gasteiger partial charge in [-0.05, 0) is 49.4 Å². The van der Waals surface area contributed by atoms with E-state index in [9.17, 15) is 9.59 Å². The molecule has 0 unspecified atom stereocenters. The molecule has 0 aliphatic carbocycles. The fraction of sp³-hybridized carbons (Fsp3) is 0.176. The number of carbonyl (C=O) groups is 2. The van der Waals surface area contributed by atoms with Crippen LogP contribution in [0.4, 0.5) is 11.4 Å². The number of ether oxygens (including phenoxy) is 1. The Morgan fingerprint density at radius 1 is 1.04 bits per heavy atom. The molecule has 5 nitrogen and oxygen atoms in total. The number of benzene rings is 2. The van der Waals surface area contributed by atoms with E-state index in [0.717, 1.165) is 4.47 Å². The predicted octanol–water partition coefficient (Wildman–Crippen LogP) is 3.81. The third kappa shape index (κ3) is 5.41. The molecule has 0 radical (unpaired) electrons. The summed E-state index contributed by atoms with van der Waals surface area (Å²) in [6.07, 6.45) is -0.652. The van der Waals surface area contributed by atoms with Crippen molar-refractivity contribution >= 4 is 39.1 Å². The Morgan fingerprint density at radius 3 is 2.35 bits per heavy atom. The first kappa shape index (κ1) is 17.0. The summed E-state index contributed by atoms with van der Waals surface area (Å²) >= 11 is 3.35. The number of nitrogens with one attached hydrogen (secondary N) is 2. The van der Waals surface area contributed by atoms with Gasteiger partial charge in [0.2, 0.25) is 5.91 Å². The minimum Gasteiger partial charge on any atom is -0.481 e. The Balaban J connectivity index is 1.94. The second-order valence-corrected chi connectivity index (χ2v) is 5.88. The Hall–Kier alpha value is -2.34. The molecule has 120 valence electrons. The molecular weight excluding hydrogens is 360 g/mol. The minimum atomic E-state index is -0.652. The van der Waals surface area contributed by atoms with Crippen molar-refractivity contribution in [3.63, 3.8) is 0 Å². The molecular formula is C17H17BrN2O3. The second-order valence-electron chi connectivity index (χ2n) is 4.97. The molecule has 0 fully saturated rings. The highest BCUT2D eigenvalue weighted by Crippen LogP contribution is 2.19. The zero-order valence-electron chi connectivity index (χ0n) is 12.8. The average molecular weight is 377 g/mol. The van der Waals surface area contributed by atoms with Crippen molar-refractivity contribution in [3.05, 3.63) is 53.0 Å². The molecule has 0 saturated heterocycles. The topological polar surface area (TPSA) is 67.4 Å². The van der Waals surface area contributed by atoms with E-state index in [1.54, 1.807) is 37.3 Å². The summed E-state index contributed by atoms with van der Waals surface area (Å²) in [7, 11) is 0. The SMILES string of the molecule is CC(=O)Nc1ccc(O[C@H](C)C(=O)Nc2cccc(Br)c2)cc1. The van der Waals surface area contributed by atoms with Crippen molar-refractivity contribution in [2.75, 3.05) is 10.6 Å². The Morgan fingerprint density at radius 2 is 1.74 bits per heavy atom. The third-order valence-corrected chi connectivity index (χ3v) is 3.44. The average Bonchev–Trinajstić information content (AvgIpc) is 2.48. The molecule has 0 saturated carbocycles. The van der Waals surface area contributed by atoms with E-state index in [2.05, 4.69) is 26.6 Å². The molecule has 0 aromatic heterocycles. The van der Waals surface area contributed by atoms with Gasteiger partial charge in [-0.2, -0.15) is 0 Å². The summed E-state index contributed by atoms with van der Waals surface area (Å²) in [5, 5.41) is 5.46. The fourth-order valence-corrected chi connectivity index (χ4v) is 2.29. The highest BCUT2D eigenvalue weighted by Gasteiger charge is 2.15. The molecule has 0 bridgehead atoms. The van der Waals surface area contributed by atoms with Crippen LogP contribution < -0.4 is 15.4 Å². The first-order valence-electron chi connectivity index (χ1n) is 7.05. The molecule has 0 aliphatic rings. The molecule has 6 heteroatoms. The molecule has 23 heavy (non-hydrogen) atoms. The van der Waals surface area contributed by atoms with Gasteiger partial charge >= 0.3 is 0 Å². The predicted molar refractivity (Wildman–Crippen MR) is 93.6 cm³/mol. The van der Waals surface area contributed by atoms with E-state index >= 15 is 0 Å². The number of carbonyl (C=O) groups excluding carboxylic acids is 2. The van der Waals surface area contributed by atoms with Crippen molar-refractivity contribution < 1.29 is 14.3 Å². The van der Waals surface area contributed by atoms with Gasteiger partial charge in [0.05, 0.1) is 0 Å². The van der Waals surface area contributed by atoms with Crippen LogP contribution in [-0.2, 0) is 9.59 Å². The van der Waals surface area contributed by atoms with Gasteiger partial charge in [0.15, 0.2) is 6.10 Å². The standard InChI is InChI=1S/C17H17BrN2O3/c1-11(17(22)20-15-5-3-4-13(18)10-15)23-16-8-6-14(7-9-16)19-12(2)21/h3-11H,1-2H3,(H,19,21)(H,20,22)/t11-/m1/s1. The van der Waals surface area contributed by atoms with Gasteiger partial charge in [0.25, 0.3) is 5.91 Å². The maximum absolute atomic E-state index is 12.1. The lowest BCUT2D eigenvalue weighted by Crippen LogP contribution is -2.30. The highest BCUT2D eigenvalue weighted by molar-refractivity contribution is 9.10. The van der Waals surface area contributed by atoms with Gasteiger partial charge in [-0.15, -0.1) is 0 Å². The summed E-state index contributed by atoms with van der Waals surface area (Å²) in [5.74, 6) is 0.172. The molecule has 0 heterocycles. The van der Waals surface area contributed by atoms with Crippen molar-refractivity contribution in [1.82, 2.24) is 0 Å². The monoisotopic (exact) mass is 376 g/mol. The van der Waals surface area contributed by atoms with Crippen molar-refractivity contribution in [2.45, 2.75) is 20.0 Å². The van der Waals surface area contributed by atoms with Gasteiger partial charge in [0, 0.05) is 22.8 Å². The largest absolute Gasteiger partial charge is 0.481 e. The van der Waals surface area contributed by atoms with Crippen LogP contribution in [0.1, 0.15) is 13.8 Å². The first-order chi connectivity index (χ1) is 10.9. The Kier molecular flexibility index (Phi) is 5.76. The van der Waals surface area contributed by atoms with Crippen LogP contribution >= 0.6 is 15.9 Å². The number of anilines is 2. The van der Waals surface area contributed by atoms with E-state index in [-0.39, 0.29) is 11.8 Å². The number of amides is 2. The zero-order chi connectivity index (χ0) is 16.8. The number of hydrogen-bond acceptors (Lipinski definition) is 3. The lowest BCUT2D eigenvalue weighted by Gasteiger charge is -2.15. The Labute approximate surface area is 143 Å². The van der Waals surface area contributed by atoms with Crippen LogP contribution in [0.5, 0.6) is 5.75 Å². The number of hydrogen-bond donors (Lipinski definition) is 2. The van der Waals surface area contributed by atoms with E-state index < -0.39 is 6.10 Å². The quantitative estimate of drug-likeness (QED) is 0.833. The van der Waals surface area contributed by atoms with Gasteiger partial charge in [-0.3, -0.25) is 9.59 Å². The van der Waals surface area contributed by atoms with Crippen LogP contribution in [0, 0.1) is 0 Å². The van der Waals surface area contributed by atoms with Crippen LogP contribution in [0.15, 0.2) is 53.0 Å². The molecule has 1 atom stereocenters. The zero-order valence-corrected chi connectivity index (χ0v) is 14.4. The van der Waals surface area contributed by atoms with Crippen LogP contribution in [0.2, 0.25) is 0 Å². The summed E-state index contributed by atoms with van der Waals surface area (Å²) in [6, 6.07) is 14.2. The van der Waals surface area contributed by atoms with Crippen LogP contribution in [0.25, 0.3) is 0 Å². The third-order valence-electron chi connectivity index (χ3n) is 2.95. The van der Waals surface area contributed by atoms with Crippen LogP contribution in [0.3, 0.4) is 0 Å². The van der Waals surface area contributed by atoms with Crippen molar-refractivity contribution in [1.29, 1.82) is 0 Å². The molecule has 2 aromatic carbocycles. The number of halogens is 1. The minimum absolute atomic E-state index is 0.138. The van der Waals surface area contributed by atoms with Crippen LogP contribution in [-0.4, -0.2) is 17.9 Å². The lowest BCUT2D eigenvalue weighted by molar-refractivity contribution is -0.122. The van der Waals surface area contributed by atoms with Gasteiger partial charge in [-0.25, -0.2) is 0 Å². The summed E-state index contributed by atoms with van der Waals surface area (Å²) in [6.45, 7) is 3.12. The number of rotatable bonds is 5. The molecule has 2 aromatic rings. The maximum Gasteiger partial charge on any atom is 0.265 e. The Bertz CT molecular complexity index is 701. The lowest BCUT2D eigenvalue weighted by atomic mass is 10.2. The molecule has 2 rings (SSSR count). The summed E-state index contributed by atoms with van der Waals surface area (Å²) < 4.78 is 6.49. The molecule has 0 aliphatic heterocycles. The van der Waals surface area contributed by atoms with Gasteiger partial charge < -0.3 is 15.4 Å². The van der Waals surface area contributed by atoms with E-state index in [1.807, 2.05) is 18.2 Å². The van der Waals surface area contributed by atoms with Crippen molar-refractivity contribution in [2.24, 2.45) is 0 Å². The van der Waals surface area contributed by atoms with E-state index in [4.69, 9.17) is 4.74 Å². The maximum atomic E-state index is 12.1. The van der Waals surface area contributed by atoms with Gasteiger partial charge in [-0.1, -0.05) is 22.0 Å². The van der Waals surface area contributed by atoms with E-state index in [0.29, 0.717) is 17.1 Å². The molecule has 2 N–H and O–H groups in total. The summed E-state index contributed by atoms with van der Waals surface area (Å²) in [4.78, 5) is 23.1. The molecule has 2 amide bonds. The molecule has 0 spiro atoms. The normalized spacial score (nSPS) is 11.4. The van der Waals surface area contributed by atoms with Crippen molar-refractivity contribution in [3.8, 4) is 5.75 Å². The van der Waals surface area contributed by atoms with Gasteiger partial charge in [0.1, 0.15) is 5.75 Å². The highest BCUT2D eigenvalue weighted by atomic mass is 79.9. The fourth-order valence-electron chi connectivity index (χ4n) is 1.89. The second kappa shape index (κ2) is 7.78. The van der Waals surface area contributed by atoms with E-state index in [1.165, 1.54) is 6.92 Å². The summed E-state index contributed by atoms with van der Waals surface area (Å²) in [5.41, 5.74) is 1.37. The first-order valence-corrected chi connectivity index (χ1v) is 7.84. The smallest absolute Gasteiger partial charge is 0.265 e.